The lowest BCUT2D eigenvalue weighted by Crippen LogP contribution is -2.48. The highest BCUT2D eigenvalue weighted by Gasteiger charge is 2.39. The Morgan fingerprint density at radius 2 is 1.56 bits per heavy atom. The summed E-state index contributed by atoms with van der Waals surface area (Å²) in [4.78, 5) is 17.4. The number of aliphatic hydroxyl groups is 2. The van der Waals surface area contributed by atoms with Crippen LogP contribution in [0.2, 0.25) is 0 Å². The first kappa shape index (κ1) is 24.0. The summed E-state index contributed by atoms with van der Waals surface area (Å²) in [6.07, 6.45) is -0.788. The molecule has 7 heteroatoms. The van der Waals surface area contributed by atoms with Gasteiger partial charge in [-0.25, -0.2) is 4.79 Å². The fourth-order valence-electron chi connectivity index (χ4n) is 4.07. The average molecular weight is 444 g/mol. The molecule has 2 N–H and O–H groups in total. The van der Waals surface area contributed by atoms with Gasteiger partial charge in [0.2, 0.25) is 0 Å². The van der Waals surface area contributed by atoms with Gasteiger partial charge < -0.3 is 24.5 Å². The summed E-state index contributed by atoms with van der Waals surface area (Å²) in [6, 6.07) is 17.7. The Bertz CT molecular complexity index is 835. The molecular weight excluding hydrogens is 410 g/mol. The molecule has 174 valence electrons. The number of rotatable bonds is 7. The van der Waals surface area contributed by atoms with Crippen LogP contribution < -0.4 is 4.74 Å². The minimum atomic E-state index is -0.788. The molecule has 1 aliphatic rings. The van der Waals surface area contributed by atoms with E-state index in [0.29, 0.717) is 19.7 Å². The number of hydrogen-bond acceptors (Lipinski definition) is 7. The van der Waals surface area contributed by atoms with Gasteiger partial charge in [0.1, 0.15) is 18.0 Å². The lowest BCUT2D eigenvalue weighted by Gasteiger charge is -2.41. The van der Waals surface area contributed by atoms with E-state index in [1.807, 2.05) is 54.6 Å². The van der Waals surface area contributed by atoms with Crippen molar-refractivity contribution < 1.29 is 29.3 Å². The van der Waals surface area contributed by atoms with Crippen molar-refractivity contribution in [1.29, 1.82) is 0 Å². The van der Waals surface area contributed by atoms with E-state index in [-0.39, 0.29) is 31.0 Å². The maximum Gasteiger partial charge on any atom is 0.528 e. The third-order valence-electron chi connectivity index (χ3n) is 5.47. The normalized spacial score (nSPS) is 21.7. The van der Waals surface area contributed by atoms with E-state index >= 15 is 0 Å². The summed E-state index contributed by atoms with van der Waals surface area (Å²) < 4.78 is 11.1. The molecule has 3 rings (SSSR count). The van der Waals surface area contributed by atoms with Crippen LogP contribution in [0.25, 0.3) is 0 Å². The van der Waals surface area contributed by atoms with Crippen molar-refractivity contribution in [2.75, 3.05) is 26.3 Å². The quantitative estimate of drug-likeness (QED) is 0.630. The molecule has 0 amide bonds. The second kappa shape index (κ2) is 10.8. The van der Waals surface area contributed by atoms with E-state index in [1.165, 1.54) is 5.06 Å². The zero-order valence-electron chi connectivity index (χ0n) is 18.9. The van der Waals surface area contributed by atoms with Crippen molar-refractivity contribution >= 4 is 6.16 Å². The molecule has 2 aromatic rings. The number of hydroxylamine groups is 2. The van der Waals surface area contributed by atoms with Gasteiger partial charge in [-0.2, -0.15) is 0 Å². The summed E-state index contributed by atoms with van der Waals surface area (Å²) in [6.45, 7) is 6.29. The van der Waals surface area contributed by atoms with Crippen LogP contribution in [0.4, 0.5) is 4.79 Å². The maximum absolute atomic E-state index is 12.0. The fourth-order valence-corrected chi connectivity index (χ4v) is 4.07. The van der Waals surface area contributed by atoms with Gasteiger partial charge in [-0.05, 0) is 49.9 Å². The Balaban J connectivity index is 1.65. The summed E-state index contributed by atoms with van der Waals surface area (Å²) in [5, 5.41) is 21.5. The smallest absolute Gasteiger partial charge is 0.489 e. The fraction of sp³-hybridized carbons (Fsp3) is 0.480. The van der Waals surface area contributed by atoms with Crippen molar-refractivity contribution in [2.24, 2.45) is 11.8 Å². The molecule has 0 spiro atoms. The number of piperidine rings is 1. The molecular formula is C25H33NO6. The van der Waals surface area contributed by atoms with Gasteiger partial charge in [0.15, 0.2) is 0 Å². The molecule has 1 fully saturated rings. The molecule has 0 radical (unpaired) electrons. The molecule has 0 aromatic heterocycles. The number of benzene rings is 2. The number of aliphatic hydroxyl groups excluding tert-OH is 2. The monoisotopic (exact) mass is 443 g/mol. The predicted molar refractivity (Wildman–Crippen MR) is 120 cm³/mol. The van der Waals surface area contributed by atoms with E-state index in [1.54, 1.807) is 20.8 Å². The Hall–Kier alpha value is -2.61. The number of nitrogens with zero attached hydrogens (tertiary/aromatic N) is 1. The molecule has 1 saturated heterocycles. The largest absolute Gasteiger partial charge is 0.528 e. The summed E-state index contributed by atoms with van der Waals surface area (Å²) >= 11 is 0. The third kappa shape index (κ3) is 6.69. The first-order valence-corrected chi connectivity index (χ1v) is 10.9. The van der Waals surface area contributed by atoms with Gasteiger partial charge in [-0.3, -0.25) is 0 Å². The van der Waals surface area contributed by atoms with Crippen LogP contribution in [0.5, 0.6) is 5.75 Å². The van der Waals surface area contributed by atoms with Gasteiger partial charge in [-0.1, -0.05) is 42.5 Å². The van der Waals surface area contributed by atoms with E-state index in [2.05, 4.69) is 0 Å². The molecule has 0 aliphatic carbocycles. The lowest BCUT2D eigenvalue weighted by molar-refractivity contribution is -0.178. The van der Waals surface area contributed by atoms with E-state index in [9.17, 15) is 15.0 Å². The molecule has 1 aliphatic heterocycles. The van der Waals surface area contributed by atoms with Gasteiger partial charge in [0.05, 0.1) is 0 Å². The summed E-state index contributed by atoms with van der Waals surface area (Å²) in [5.74, 6) is 0.259. The Labute approximate surface area is 189 Å². The van der Waals surface area contributed by atoms with Crippen LogP contribution in [0.1, 0.15) is 37.8 Å². The summed E-state index contributed by atoms with van der Waals surface area (Å²) in [5.41, 5.74) is 1.44. The number of hydrogen-bond donors (Lipinski definition) is 2. The van der Waals surface area contributed by atoms with Gasteiger partial charge in [0, 0.05) is 38.1 Å². The average Bonchev–Trinajstić information content (AvgIpc) is 2.77. The first-order valence-electron chi connectivity index (χ1n) is 10.9. The molecule has 3 atom stereocenters. The van der Waals surface area contributed by atoms with Crippen LogP contribution in [0, 0.1) is 11.8 Å². The number of ether oxygens (including phenoxy) is 2. The van der Waals surface area contributed by atoms with Crippen LogP contribution in [-0.4, -0.2) is 53.3 Å². The van der Waals surface area contributed by atoms with Crippen LogP contribution in [-0.2, 0) is 16.2 Å². The molecule has 7 nitrogen and oxygen atoms in total. The number of carbonyl (C=O) groups is 1. The molecule has 0 bridgehead atoms. The van der Waals surface area contributed by atoms with Crippen LogP contribution in [0.3, 0.4) is 0 Å². The standard InChI is InChI=1S/C25H33NO6/c1-25(2,3)31-24(29)32-26-13-20(15-27)23(21(14-26)16-28)19-9-11-22(12-10-19)30-17-18-7-5-4-6-8-18/h4-12,20-21,23,27-28H,13-17H2,1-3H3/t20-,21+,23?. The van der Waals surface area contributed by atoms with Crippen LogP contribution >= 0.6 is 0 Å². The lowest BCUT2D eigenvalue weighted by atomic mass is 9.74. The highest BCUT2D eigenvalue weighted by molar-refractivity contribution is 5.60. The zero-order valence-corrected chi connectivity index (χ0v) is 18.9. The second-order valence-corrected chi connectivity index (χ2v) is 9.16. The van der Waals surface area contributed by atoms with Crippen LogP contribution in [0.15, 0.2) is 54.6 Å². The minimum absolute atomic E-state index is 0.0772. The van der Waals surface area contributed by atoms with Gasteiger partial charge >= 0.3 is 6.16 Å². The van der Waals surface area contributed by atoms with E-state index < -0.39 is 11.8 Å². The first-order chi connectivity index (χ1) is 15.3. The van der Waals surface area contributed by atoms with Crippen molar-refractivity contribution in [2.45, 2.75) is 38.9 Å². The zero-order chi connectivity index (χ0) is 23.1. The number of carbonyl (C=O) groups excluding carboxylic acids is 1. The van der Waals surface area contributed by atoms with Gasteiger partial charge in [-0.15, -0.1) is 5.06 Å². The topological polar surface area (TPSA) is 88.5 Å². The molecule has 32 heavy (non-hydrogen) atoms. The van der Waals surface area contributed by atoms with E-state index in [0.717, 1.165) is 16.9 Å². The highest BCUT2D eigenvalue weighted by Crippen LogP contribution is 2.38. The van der Waals surface area contributed by atoms with Crippen molar-refractivity contribution in [1.82, 2.24) is 5.06 Å². The molecule has 0 saturated carbocycles. The third-order valence-corrected chi connectivity index (χ3v) is 5.47. The maximum atomic E-state index is 12.0. The Kier molecular flexibility index (Phi) is 8.12. The molecule has 1 heterocycles. The predicted octanol–water partition coefficient (Wildman–Crippen LogP) is 3.75. The SMILES string of the molecule is CC(C)(C)OC(=O)ON1C[C@@H](CO)C(c2ccc(OCc3ccccc3)cc2)[C@@H](CO)C1. The van der Waals surface area contributed by atoms with Crippen molar-refractivity contribution in [3.63, 3.8) is 0 Å². The Morgan fingerprint density at radius 3 is 2.09 bits per heavy atom. The molecule has 2 aromatic carbocycles. The van der Waals surface area contributed by atoms with E-state index in [4.69, 9.17) is 14.3 Å². The van der Waals surface area contributed by atoms with Crippen molar-refractivity contribution in [3.8, 4) is 5.75 Å². The molecule has 1 unspecified atom stereocenters. The highest BCUT2D eigenvalue weighted by atomic mass is 16.8. The summed E-state index contributed by atoms with van der Waals surface area (Å²) in [7, 11) is 0. The second-order valence-electron chi connectivity index (χ2n) is 9.16. The Morgan fingerprint density at radius 1 is 0.969 bits per heavy atom. The van der Waals surface area contributed by atoms with Gasteiger partial charge in [0.25, 0.3) is 0 Å². The van der Waals surface area contributed by atoms with Crippen molar-refractivity contribution in [3.05, 3.63) is 65.7 Å². The minimum Gasteiger partial charge on any atom is -0.489 e.